The predicted octanol–water partition coefficient (Wildman–Crippen LogP) is 0.607. The molecule has 1 aromatic carbocycles. The van der Waals surface area contributed by atoms with E-state index < -0.39 is 6.04 Å². The van der Waals surface area contributed by atoms with Crippen LogP contribution in [0.15, 0.2) is 12.1 Å². The number of carbonyl (C=O) groups is 2. The Hall–Kier alpha value is -2.44. The molecule has 120 valence electrons. The van der Waals surface area contributed by atoms with Crippen LogP contribution in [0.1, 0.15) is 18.4 Å². The lowest BCUT2D eigenvalue weighted by atomic mass is 10.1. The summed E-state index contributed by atoms with van der Waals surface area (Å²) in [5, 5.41) is 5.43. The second-order valence-corrected chi connectivity index (χ2v) is 4.89. The molecule has 0 saturated carbocycles. The van der Waals surface area contributed by atoms with E-state index in [4.69, 9.17) is 14.2 Å². The highest BCUT2D eigenvalue weighted by Crippen LogP contribution is 2.33. The minimum atomic E-state index is -0.470. The molecule has 1 heterocycles. The fourth-order valence-electron chi connectivity index (χ4n) is 2.36. The molecule has 7 heteroatoms. The monoisotopic (exact) mass is 308 g/mol. The van der Waals surface area contributed by atoms with Gasteiger partial charge in [-0.05, 0) is 6.42 Å². The summed E-state index contributed by atoms with van der Waals surface area (Å²) in [6, 6.07) is 2.98. The van der Waals surface area contributed by atoms with E-state index in [2.05, 4.69) is 10.6 Å². The first-order valence-corrected chi connectivity index (χ1v) is 6.95. The largest absolute Gasteiger partial charge is 0.496 e. The lowest BCUT2D eigenvalue weighted by Crippen LogP contribution is -2.41. The Morgan fingerprint density at radius 3 is 2.32 bits per heavy atom. The lowest BCUT2D eigenvalue weighted by Gasteiger charge is -2.16. The van der Waals surface area contributed by atoms with Crippen molar-refractivity contribution in [2.24, 2.45) is 0 Å². The molecule has 1 fully saturated rings. The summed E-state index contributed by atoms with van der Waals surface area (Å²) < 4.78 is 15.8. The summed E-state index contributed by atoms with van der Waals surface area (Å²) >= 11 is 0. The molecule has 0 aromatic heterocycles. The highest BCUT2D eigenvalue weighted by Gasteiger charge is 2.27. The van der Waals surface area contributed by atoms with Gasteiger partial charge in [0.2, 0.25) is 11.8 Å². The summed E-state index contributed by atoms with van der Waals surface area (Å²) in [6.45, 7) is 0.238. The average Bonchev–Trinajstić information content (AvgIpc) is 2.98. The van der Waals surface area contributed by atoms with Crippen LogP contribution >= 0.6 is 0 Å². The van der Waals surface area contributed by atoms with Crippen LogP contribution in [0.4, 0.5) is 0 Å². The third kappa shape index (κ3) is 3.41. The van der Waals surface area contributed by atoms with E-state index in [1.54, 1.807) is 19.2 Å². The van der Waals surface area contributed by atoms with Gasteiger partial charge in [0.25, 0.3) is 0 Å². The van der Waals surface area contributed by atoms with Gasteiger partial charge in [0.15, 0.2) is 0 Å². The molecule has 1 aliphatic rings. The Morgan fingerprint density at radius 1 is 1.23 bits per heavy atom. The molecule has 1 aromatic rings. The minimum absolute atomic E-state index is 0.0974. The molecule has 1 atom stereocenters. The quantitative estimate of drug-likeness (QED) is 0.804. The molecule has 7 nitrogen and oxygen atoms in total. The van der Waals surface area contributed by atoms with E-state index >= 15 is 0 Å². The van der Waals surface area contributed by atoms with E-state index in [0.29, 0.717) is 35.7 Å². The molecular formula is C15H20N2O5. The van der Waals surface area contributed by atoms with Crippen LogP contribution in [0.5, 0.6) is 17.2 Å². The molecular weight excluding hydrogens is 288 g/mol. The van der Waals surface area contributed by atoms with Gasteiger partial charge >= 0.3 is 0 Å². The maximum absolute atomic E-state index is 12.1. The molecule has 1 aliphatic heterocycles. The number of rotatable bonds is 6. The van der Waals surface area contributed by atoms with Gasteiger partial charge in [-0.1, -0.05) is 0 Å². The van der Waals surface area contributed by atoms with Crippen molar-refractivity contribution in [2.45, 2.75) is 25.4 Å². The molecule has 0 aliphatic carbocycles. The number of hydrogen-bond donors (Lipinski definition) is 2. The Labute approximate surface area is 128 Å². The van der Waals surface area contributed by atoms with E-state index in [9.17, 15) is 9.59 Å². The van der Waals surface area contributed by atoms with Gasteiger partial charge < -0.3 is 24.8 Å². The summed E-state index contributed by atoms with van der Waals surface area (Å²) in [5.41, 5.74) is 0.712. The number of benzene rings is 1. The van der Waals surface area contributed by atoms with E-state index in [1.807, 2.05) is 0 Å². The van der Waals surface area contributed by atoms with Crippen molar-refractivity contribution in [1.82, 2.24) is 10.6 Å². The average molecular weight is 308 g/mol. The number of nitrogens with one attached hydrogen (secondary N) is 2. The zero-order valence-corrected chi connectivity index (χ0v) is 12.9. The number of ether oxygens (including phenoxy) is 3. The standard InChI is InChI=1S/C15H20N2O5/c1-20-9-6-12(21-2)10(13(7-9)22-3)8-16-15(19)11-4-5-14(18)17-11/h6-7,11H,4-5,8H2,1-3H3,(H,16,19)(H,17,18). The Kier molecular flexibility index (Phi) is 5.08. The van der Waals surface area contributed by atoms with Crippen LogP contribution in [-0.2, 0) is 16.1 Å². The fourth-order valence-corrected chi connectivity index (χ4v) is 2.36. The number of hydrogen-bond acceptors (Lipinski definition) is 5. The fraction of sp³-hybridized carbons (Fsp3) is 0.467. The van der Waals surface area contributed by atoms with Crippen molar-refractivity contribution in [3.05, 3.63) is 17.7 Å². The predicted molar refractivity (Wildman–Crippen MR) is 79.1 cm³/mol. The van der Waals surface area contributed by atoms with Crippen LogP contribution in [0, 0.1) is 0 Å². The van der Waals surface area contributed by atoms with Crippen molar-refractivity contribution < 1.29 is 23.8 Å². The molecule has 0 radical (unpaired) electrons. The number of methoxy groups -OCH3 is 3. The highest BCUT2D eigenvalue weighted by molar-refractivity contribution is 5.90. The molecule has 22 heavy (non-hydrogen) atoms. The lowest BCUT2D eigenvalue weighted by molar-refractivity contribution is -0.125. The minimum Gasteiger partial charge on any atom is -0.496 e. The van der Waals surface area contributed by atoms with E-state index in [-0.39, 0.29) is 18.4 Å². The first-order chi connectivity index (χ1) is 10.6. The SMILES string of the molecule is COc1cc(OC)c(CNC(=O)C2CCC(=O)N2)c(OC)c1. The van der Waals surface area contributed by atoms with E-state index in [1.165, 1.54) is 14.2 Å². The maximum atomic E-state index is 12.1. The van der Waals surface area contributed by atoms with Crippen LogP contribution in [0.25, 0.3) is 0 Å². The van der Waals surface area contributed by atoms with Gasteiger partial charge in [-0.2, -0.15) is 0 Å². The Balaban J connectivity index is 2.11. The Bertz CT molecular complexity index is 548. The normalized spacial score (nSPS) is 16.9. The van der Waals surface area contributed by atoms with Gasteiger partial charge in [-0.25, -0.2) is 0 Å². The van der Waals surface area contributed by atoms with Crippen molar-refractivity contribution in [3.63, 3.8) is 0 Å². The third-order valence-corrected chi connectivity index (χ3v) is 3.57. The van der Waals surface area contributed by atoms with Gasteiger partial charge in [0, 0.05) is 18.6 Å². The molecule has 2 N–H and O–H groups in total. The van der Waals surface area contributed by atoms with Crippen molar-refractivity contribution in [1.29, 1.82) is 0 Å². The zero-order valence-electron chi connectivity index (χ0n) is 12.9. The second kappa shape index (κ2) is 7.02. The Morgan fingerprint density at radius 2 is 1.86 bits per heavy atom. The summed E-state index contributed by atoms with van der Waals surface area (Å²) in [6.07, 6.45) is 0.898. The first kappa shape index (κ1) is 15.9. The summed E-state index contributed by atoms with van der Waals surface area (Å²) in [4.78, 5) is 23.2. The van der Waals surface area contributed by atoms with Crippen LogP contribution in [-0.4, -0.2) is 39.2 Å². The molecule has 1 saturated heterocycles. The van der Waals surface area contributed by atoms with Gasteiger partial charge in [-0.3, -0.25) is 9.59 Å². The third-order valence-electron chi connectivity index (χ3n) is 3.57. The van der Waals surface area contributed by atoms with Crippen LogP contribution < -0.4 is 24.8 Å². The first-order valence-electron chi connectivity index (χ1n) is 6.95. The highest BCUT2D eigenvalue weighted by atomic mass is 16.5. The molecule has 1 unspecified atom stereocenters. The molecule has 0 spiro atoms. The van der Waals surface area contributed by atoms with Gasteiger partial charge in [0.05, 0.1) is 33.4 Å². The number of carbonyl (C=O) groups excluding carboxylic acids is 2. The molecule has 2 amide bonds. The maximum Gasteiger partial charge on any atom is 0.242 e. The number of amides is 2. The molecule has 0 bridgehead atoms. The van der Waals surface area contributed by atoms with E-state index in [0.717, 1.165) is 0 Å². The van der Waals surface area contributed by atoms with Crippen molar-refractivity contribution in [2.75, 3.05) is 21.3 Å². The zero-order chi connectivity index (χ0) is 16.1. The van der Waals surface area contributed by atoms with Crippen molar-refractivity contribution >= 4 is 11.8 Å². The van der Waals surface area contributed by atoms with Crippen LogP contribution in [0.2, 0.25) is 0 Å². The molecule has 2 rings (SSSR count). The smallest absolute Gasteiger partial charge is 0.242 e. The second-order valence-electron chi connectivity index (χ2n) is 4.89. The van der Waals surface area contributed by atoms with Crippen LogP contribution in [0.3, 0.4) is 0 Å². The van der Waals surface area contributed by atoms with Gasteiger partial charge in [-0.15, -0.1) is 0 Å². The summed E-state index contributed by atoms with van der Waals surface area (Å²) in [5.74, 6) is 1.41. The van der Waals surface area contributed by atoms with Crippen molar-refractivity contribution in [3.8, 4) is 17.2 Å². The summed E-state index contributed by atoms with van der Waals surface area (Å²) in [7, 11) is 4.63. The topological polar surface area (TPSA) is 85.9 Å². The van der Waals surface area contributed by atoms with Gasteiger partial charge in [0.1, 0.15) is 23.3 Å².